The number of fused-ring (bicyclic) bond motifs is 1. The Morgan fingerprint density at radius 2 is 1.39 bits per heavy atom. The molecular formula is C24H37ClN2O. The smallest absolute Gasteiger partial charge is 0.226 e. The Kier molecular flexibility index (Phi) is 11.9. The van der Waals surface area contributed by atoms with E-state index in [1.165, 1.54) is 56.3 Å². The standard InChI is InChI=1S/C24H36N2O.ClH/c1-4-6-8-12-18-26(19-13-9-7-5-2)24(25)22-16-17-23(27-3)21-15-11-10-14-20(21)22;/h10-11,14-17,25H,4-9,12-13,18-19H2,1-3H3;1H. The van der Waals surface area contributed by atoms with E-state index in [-0.39, 0.29) is 12.4 Å². The van der Waals surface area contributed by atoms with E-state index < -0.39 is 0 Å². The average Bonchev–Trinajstić information content (AvgIpc) is 2.71. The average molecular weight is 405 g/mol. The molecule has 2 N–H and O–H groups in total. The molecule has 0 aliphatic carbocycles. The van der Waals surface area contributed by atoms with Crippen LogP contribution in [-0.4, -0.2) is 26.0 Å². The van der Waals surface area contributed by atoms with Gasteiger partial charge in [-0.2, -0.15) is 0 Å². The first-order valence-corrected chi connectivity index (χ1v) is 10.7. The highest BCUT2D eigenvalue weighted by atomic mass is 35.5. The van der Waals surface area contributed by atoms with Crippen LogP contribution < -0.4 is 22.0 Å². The summed E-state index contributed by atoms with van der Waals surface area (Å²) in [5, 5.41) is 11.2. The van der Waals surface area contributed by atoms with Crippen molar-refractivity contribution in [3.05, 3.63) is 42.0 Å². The third-order valence-electron chi connectivity index (χ3n) is 5.39. The summed E-state index contributed by atoms with van der Waals surface area (Å²) in [5.41, 5.74) is 1.05. The summed E-state index contributed by atoms with van der Waals surface area (Å²) in [6.45, 7) is 6.62. The predicted octanol–water partition coefficient (Wildman–Crippen LogP) is 2.22. The van der Waals surface area contributed by atoms with Gasteiger partial charge in [0.15, 0.2) is 0 Å². The number of methoxy groups -OCH3 is 1. The van der Waals surface area contributed by atoms with Gasteiger partial charge in [-0.1, -0.05) is 63.8 Å². The van der Waals surface area contributed by atoms with E-state index in [1.807, 2.05) is 12.1 Å². The number of benzene rings is 2. The maximum Gasteiger partial charge on any atom is 0.226 e. The summed E-state index contributed by atoms with van der Waals surface area (Å²) in [5.74, 6) is 1.62. The molecule has 156 valence electrons. The molecule has 0 fully saturated rings. The molecule has 0 atom stereocenters. The van der Waals surface area contributed by atoms with Crippen LogP contribution in [0.4, 0.5) is 0 Å². The molecule has 0 spiro atoms. The van der Waals surface area contributed by atoms with E-state index >= 15 is 0 Å². The van der Waals surface area contributed by atoms with E-state index in [0.29, 0.717) is 0 Å². The van der Waals surface area contributed by atoms with Gasteiger partial charge in [0.05, 0.1) is 25.8 Å². The number of ether oxygens (including phenoxy) is 1. The number of rotatable bonds is 12. The molecule has 4 heteroatoms. The molecular weight excluding hydrogens is 368 g/mol. The van der Waals surface area contributed by atoms with Crippen molar-refractivity contribution in [2.45, 2.75) is 65.2 Å². The van der Waals surface area contributed by atoms with Crippen LogP contribution in [0.15, 0.2) is 36.4 Å². The Bertz CT molecular complexity index is 705. The molecule has 0 bridgehead atoms. The van der Waals surface area contributed by atoms with E-state index in [4.69, 9.17) is 10.1 Å². The van der Waals surface area contributed by atoms with Crippen LogP contribution in [0, 0.1) is 5.41 Å². The highest BCUT2D eigenvalue weighted by Gasteiger charge is 2.20. The first-order chi connectivity index (χ1) is 13.2. The molecule has 0 saturated heterocycles. The molecule has 0 aliphatic heterocycles. The highest BCUT2D eigenvalue weighted by molar-refractivity contribution is 6.06. The molecule has 3 nitrogen and oxygen atoms in total. The van der Waals surface area contributed by atoms with E-state index in [2.05, 4.69) is 38.1 Å². The van der Waals surface area contributed by atoms with Crippen molar-refractivity contribution < 1.29 is 22.0 Å². The maximum absolute atomic E-state index is 8.98. The second-order valence-electron chi connectivity index (χ2n) is 7.46. The van der Waals surface area contributed by atoms with Crippen LogP contribution in [0.3, 0.4) is 0 Å². The van der Waals surface area contributed by atoms with Crippen molar-refractivity contribution in [3.8, 4) is 5.75 Å². The summed E-state index contributed by atoms with van der Waals surface area (Å²) in [6, 6.07) is 12.4. The Hall–Kier alpha value is -1.58. The van der Waals surface area contributed by atoms with E-state index in [9.17, 15) is 0 Å². The lowest BCUT2D eigenvalue weighted by atomic mass is 10.0. The van der Waals surface area contributed by atoms with Gasteiger partial charge in [0.2, 0.25) is 5.84 Å². The van der Waals surface area contributed by atoms with Gasteiger partial charge in [-0.3, -0.25) is 10.3 Å². The fourth-order valence-electron chi connectivity index (χ4n) is 3.76. The highest BCUT2D eigenvalue weighted by Crippen LogP contribution is 2.27. The van der Waals surface area contributed by atoms with E-state index in [0.717, 1.165) is 41.0 Å². The van der Waals surface area contributed by atoms with E-state index in [1.54, 1.807) is 7.11 Å². The Balaban J connectivity index is 0.00000392. The minimum absolute atomic E-state index is 0. The minimum atomic E-state index is 0. The van der Waals surface area contributed by atoms with Gasteiger partial charge in [-0.15, -0.1) is 0 Å². The molecule has 2 aromatic carbocycles. The third kappa shape index (κ3) is 6.79. The third-order valence-corrected chi connectivity index (χ3v) is 5.39. The zero-order chi connectivity index (χ0) is 19.5. The van der Waals surface area contributed by atoms with Gasteiger partial charge in [0, 0.05) is 10.8 Å². The lowest BCUT2D eigenvalue weighted by molar-refractivity contribution is -0.806. The number of quaternary nitrogens is 1. The van der Waals surface area contributed by atoms with Crippen LogP contribution >= 0.6 is 0 Å². The first kappa shape index (κ1) is 24.5. The molecule has 0 aromatic heterocycles. The van der Waals surface area contributed by atoms with Gasteiger partial charge in [-0.25, -0.2) is 0 Å². The monoisotopic (exact) mass is 404 g/mol. The van der Waals surface area contributed by atoms with Crippen LogP contribution in [0.2, 0.25) is 0 Å². The molecule has 0 amide bonds. The normalized spacial score (nSPS) is 10.9. The van der Waals surface area contributed by atoms with Crippen LogP contribution in [0.1, 0.15) is 70.8 Å². The molecule has 2 rings (SSSR count). The molecule has 0 aliphatic rings. The summed E-state index contributed by atoms with van der Waals surface area (Å²) in [6.07, 6.45) is 10.0. The van der Waals surface area contributed by atoms with Crippen molar-refractivity contribution in [2.24, 2.45) is 0 Å². The summed E-state index contributed by atoms with van der Waals surface area (Å²) in [7, 11) is 1.71. The van der Waals surface area contributed by atoms with Gasteiger partial charge in [0.1, 0.15) is 5.75 Å². The van der Waals surface area contributed by atoms with Crippen molar-refractivity contribution in [3.63, 3.8) is 0 Å². The zero-order valence-corrected chi connectivity index (χ0v) is 18.6. The van der Waals surface area contributed by atoms with Crippen molar-refractivity contribution in [2.75, 3.05) is 20.2 Å². The SMILES string of the molecule is CCCCCC[NH+](CCCCCC)C(=N)c1ccc(OC)c2ccccc12.[Cl-]. The fourth-order valence-corrected chi connectivity index (χ4v) is 3.76. The number of unbranched alkanes of at least 4 members (excludes halogenated alkanes) is 6. The molecule has 0 radical (unpaired) electrons. The summed E-state index contributed by atoms with van der Waals surface area (Å²) >= 11 is 0. The topological polar surface area (TPSA) is 37.5 Å². The van der Waals surface area contributed by atoms with Crippen molar-refractivity contribution >= 4 is 16.6 Å². The molecule has 0 heterocycles. The number of hydrogen-bond acceptors (Lipinski definition) is 2. The number of halogens is 1. The molecule has 0 saturated carbocycles. The lowest BCUT2D eigenvalue weighted by Crippen LogP contribution is -3.14. The van der Waals surface area contributed by atoms with Gasteiger partial charge in [-0.05, 0) is 37.8 Å². The van der Waals surface area contributed by atoms with Gasteiger partial charge >= 0.3 is 0 Å². The van der Waals surface area contributed by atoms with Crippen molar-refractivity contribution in [1.29, 1.82) is 5.41 Å². The maximum atomic E-state index is 8.98. The number of hydrogen-bond donors (Lipinski definition) is 2. The lowest BCUT2D eigenvalue weighted by Gasteiger charge is -2.21. The quantitative estimate of drug-likeness (QED) is 0.318. The number of amidine groups is 1. The van der Waals surface area contributed by atoms with Crippen LogP contribution in [0.5, 0.6) is 5.75 Å². The van der Waals surface area contributed by atoms with Gasteiger partial charge < -0.3 is 17.1 Å². The predicted molar refractivity (Wildman–Crippen MR) is 116 cm³/mol. The molecule has 0 unspecified atom stereocenters. The minimum Gasteiger partial charge on any atom is -1.00 e. The Morgan fingerprint density at radius 3 is 1.93 bits per heavy atom. The second kappa shape index (κ2) is 13.6. The molecule has 28 heavy (non-hydrogen) atoms. The first-order valence-electron chi connectivity index (χ1n) is 10.7. The molecule has 2 aromatic rings. The zero-order valence-electron chi connectivity index (χ0n) is 17.8. The largest absolute Gasteiger partial charge is 1.00 e. The Morgan fingerprint density at radius 1 is 0.821 bits per heavy atom. The fraction of sp³-hybridized carbons (Fsp3) is 0.542. The Labute approximate surface area is 177 Å². The van der Waals surface area contributed by atoms with Crippen LogP contribution in [-0.2, 0) is 0 Å². The summed E-state index contributed by atoms with van der Waals surface area (Å²) in [4.78, 5) is 1.33. The van der Waals surface area contributed by atoms with Crippen LogP contribution in [0.25, 0.3) is 10.8 Å². The van der Waals surface area contributed by atoms with Gasteiger partial charge in [0.25, 0.3) is 0 Å². The van der Waals surface area contributed by atoms with Crippen molar-refractivity contribution in [1.82, 2.24) is 0 Å². The second-order valence-corrected chi connectivity index (χ2v) is 7.46. The number of nitrogens with one attached hydrogen (secondary N) is 2. The summed E-state index contributed by atoms with van der Waals surface area (Å²) < 4.78 is 5.53.